The van der Waals surface area contributed by atoms with Gasteiger partial charge in [-0.05, 0) is 30.4 Å². The van der Waals surface area contributed by atoms with E-state index in [-0.39, 0.29) is 0 Å². The van der Waals surface area contributed by atoms with E-state index in [1.165, 1.54) is 0 Å². The average molecular weight is 264 g/mol. The predicted octanol–water partition coefficient (Wildman–Crippen LogP) is 3.64. The molecular weight excluding hydrogens is 236 g/mol. The number of nitrogens with one attached hydrogen (secondary N) is 1. The van der Waals surface area contributed by atoms with Gasteiger partial charge in [-0.15, -0.1) is 0 Å². The minimum Gasteiger partial charge on any atom is -0.478 e. The van der Waals surface area contributed by atoms with Crippen LogP contribution < -0.4 is 10.1 Å². The highest BCUT2D eigenvalue weighted by atomic mass is 16.5. The van der Waals surface area contributed by atoms with Crippen molar-refractivity contribution in [2.75, 3.05) is 13.2 Å². The second-order valence-electron chi connectivity index (χ2n) is 6.65. The minimum atomic E-state index is 0.302. The lowest BCUT2D eigenvalue weighted by Crippen LogP contribution is -2.19. The lowest BCUT2D eigenvalue weighted by Gasteiger charge is -2.17. The summed E-state index contributed by atoms with van der Waals surface area (Å²) in [5.41, 5.74) is 1.34. The maximum atomic E-state index is 5.71. The van der Waals surface area contributed by atoms with Gasteiger partial charge in [0.15, 0.2) is 0 Å². The van der Waals surface area contributed by atoms with Gasteiger partial charge in [0, 0.05) is 12.6 Å². The van der Waals surface area contributed by atoms with E-state index in [9.17, 15) is 0 Å². The number of nitrogens with zero attached hydrogens (tertiary/aromatic N) is 1. The highest BCUT2D eigenvalue weighted by molar-refractivity contribution is 5.15. The molecule has 0 unspecified atom stereocenters. The summed E-state index contributed by atoms with van der Waals surface area (Å²) >= 11 is 0. The number of ether oxygens (including phenoxy) is 1. The molecule has 0 saturated heterocycles. The number of aromatic nitrogens is 1. The molecular formula is C16H28N2O. The third kappa shape index (κ3) is 7.83. The Labute approximate surface area is 117 Å². The van der Waals surface area contributed by atoms with Gasteiger partial charge in [-0.2, -0.15) is 0 Å². The summed E-state index contributed by atoms with van der Waals surface area (Å²) in [5.74, 6) is 1.39. The quantitative estimate of drug-likeness (QED) is 0.816. The van der Waals surface area contributed by atoms with Crippen LogP contribution in [0, 0.1) is 11.3 Å². The molecule has 0 aromatic carbocycles. The van der Waals surface area contributed by atoms with Crippen molar-refractivity contribution < 1.29 is 4.74 Å². The Kier molecular flexibility index (Phi) is 6.29. The Morgan fingerprint density at radius 1 is 1.26 bits per heavy atom. The minimum absolute atomic E-state index is 0.302. The molecule has 0 aliphatic heterocycles. The summed E-state index contributed by atoms with van der Waals surface area (Å²) < 4.78 is 5.71. The molecule has 0 amide bonds. The van der Waals surface area contributed by atoms with Crippen LogP contribution in [0.15, 0.2) is 18.2 Å². The van der Waals surface area contributed by atoms with E-state index in [4.69, 9.17) is 4.74 Å². The normalized spacial score (nSPS) is 11.9. The molecule has 0 radical (unpaired) electrons. The Bertz CT molecular complexity index is 369. The van der Waals surface area contributed by atoms with E-state index in [1.54, 1.807) is 0 Å². The van der Waals surface area contributed by atoms with Crippen molar-refractivity contribution in [3.8, 4) is 5.88 Å². The molecule has 1 rings (SSSR count). The topological polar surface area (TPSA) is 34.1 Å². The van der Waals surface area contributed by atoms with Gasteiger partial charge >= 0.3 is 0 Å². The first-order valence-corrected chi connectivity index (χ1v) is 7.16. The van der Waals surface area contributed by atoms with Crippen LogP contribution in [-0.2, 0) is 6.54 Å². The first-order valence-electron chi connectivity index (χ1n) is 7.16. The highest BCUT2D eigenvalue weighted by Gasteiger charge is 2.10. The van der Waals surface area contributed by atoms with E-state index in [2.05, 4.69) is 44.9 Å². The Morgan fingerprint density at radius 3 is 2.63 bits per heavy atom. The summed E-state index contributed by atoms with van der Waals surface area (Å²) in [6.45, 7) is 13.6. The standard InChI is InChI=1S/C16H28N2O/c1-13(2)11-17-12-14-7-6-8-15(18-14)19-10-9-16(3,4)5/h6-8,13,17H,9-12H2,1-5H3. The molecule has 0 spiro atoms. The van der Waals surface area contributed by atoms with Crippen molar-refractivity contribution in [3.05, 3.63) is 23.9 Å². The van der Waals surface area contributed by atoms with Crippen LogP contribution in [0.5, 0.6) is 5.88 Å². The summed E-state index contributed by atoms with van der Waals surface area (Å²) in [4.78, 5) is 4.50. The lowest BCUT2D eigenvalue weighted by atomic mass is 9.93. The Hall–Kier alpha value is -1.09. The van der Waals surface area contributed by atoms with E-state index in [1.807, 2.05) is 18.2 Å². The van der Waals surface area contributed by atoms with Crippen LogP contribution in [0.2, 0.25) is 0 Å². The summed E-state index contributed by atoms with van der Waals surface area (Å²) in [5, 5.41) is 3.39. The Balaban J connectivity index is 2.39. The first-order chi connectivity index (χ1) is 8.87. The van der Waals surface area contributed by atoms with Crippen LogP contribution in [0.1, 0.15) is 46.7 Å². The van der Waals surface area contributed by atoms with Crippen molar-refractivity contribution in [3.63, 3.8) is 0 Å². The second-order valence-corrected chi connectivity index (χ2v) is 6.65. The SMILES string of the molecule is CC(C)CNCc1cccc(OCCC(C)(C)C)n1. The van der Waals surface area contributed by atoms with Gasteiger partial charge in [0.05, 0.1) is 12.3 Å². The van der Waals surface area contributed by atoms with Crippen LogP contribution in [0.4, 0.5) is 0 Å². The zero-order valence-electron chi connectivity index (χ0n) is 13.0. The Morgan fingerprint density at radius 2 is 2.00 bits per heavy atom. The number of rotatable bonds is 7. The molecule has 3 heteroatoms. The fourth-order valence-corrected chi connectivity index (χ4v) is 1.59. The predicted molar refractivity (Wildman–Crippen MR) is 80.3 cm³/mol. The molecule has 1 N–H and O–H groups in total. The average Bonchev–Trinajstić information content (AvgIpc) is 2.27. The van der Waals surface area contributed by atoms with E-state index < -0.39 is 0 Å². The van der Waals surface area contributed by atoms with Gasteiger partial charge in [0.2, 0.25) is 5.88 Å². The fraction of sp³-hybridized carbons (Fsp3) is 0.688. The van der Waals surface area contributed by atoms with Gasteiger partial charge in [0.1, 0.15) is 0 Å². The van der Waals surface area contributed by atoms with Crippen LogP contribution in [-0.4, -0.2) is 18.1 Å². The van der Waals surface area contributed by atoms with Gasteiger partial charge in [-0.25, -0.2) is 4.98 Å². The summed E-state index contributed by atoms with van der Waals surface area (Å²) in [6.07, 6.45) is 1.03. The molecule has 1 heterocycles. The molecule has 1 aromatic rings. The van der Waals surface area contributed by atoms with E-state index >= 15 is 0 Å². The second kappa shape index (κ2) is 7.49. The molecule has 0 bridgehead atoms. The maximum absolute atomic E-state index is 5.71. The van der Waals surface area contributed by atoms with Crippen LogP contribution in [0.3, 0.4) is 0 Å². The van der Waals surface area contributed by atoms with Crippen molar-refractivity contribution in [2.45, 2.75) is 47.6 Å². The lowest BCUT2D eigenvalue weighted by molar-refractivity contribution is 0.236. The van der Waals surface area contributed by atoms with Crippen molar-refractivity contribution in [1.29, 1.82) is 0 Å². The molecule has 0 atom stereocenters. The molecule has 0 saturated carbocycles. The van der Waals surface area contributed by atoms with Crippen molar-refractivity contribution in [2.24, 2.45) is 11.3 Å². The van der Waals surface area contributed by atoms with Crippen molar-refractivity contribution in [1.82, 2.24) is 10.3 Å². The summed E-state index contributed by atoms with van der Waals surface area (Å²) in [7, 11) is 0. The number of pyridine rings is 1. The number of hydrogen-bond acceptors (Lipinski definition) is 3. The molecule has 3 nitrogen and oxygen atoms in total. The van der Waals surface area contributed by atoms with Gasteiger partial charge < -0.3 is 10.1 Å². The van der Waals surface area contributed by atoms with Crippen molar-refractivity contribution >= 4 is 0 Å². The van der Waals surface area contributed by atoms with Gasteiger partial charge in [-0.1, -0.05) is 40.7 Å². The monoisotopic (exact) mass is 264 g/mol. The molecule has 0 fully saturated rings. The maximum Gasteiger partial charge on any atom is 0.213 e. The number of hydrogen-bond donors (Lipinski definition) is 1. The largest absolute Gasteiger partial charge is 0.478 e. The van der Waals surface area contributed by atoms with Gasteiger partial charge in [0.25, 0.3) is 0 Å². The molecule has 0 aliphatic carbocycles. The molecule has 0 aliphatic rings. The molecule has 108 valence electrons. The van der Waals surface area contributed by atoms with Gasteiger partial charge in [-0.3, -0.25) is 0 Å². The third-order valence-corrected chi connectivity index (χ3v) is 2.74. The summed E-state index contributed by atoms with van der Waals surface area (Å²) in [6, 6.07) is 5.96. The van der Waals surface area contributed by atoms with Crippen LogP contribution >= 0.6 is 0 Å². The smallest absolute Gasteiger partial charge is 0.213 e. The van der Waals surface area contributed by atoms with E-state index in [0.29, 0.717) is 11.3 Å². The molecule has 1 aromatic heterocycles. The van der Waals surface area contributed by atoms with E-state index in [0.717, 1.165) is 37.7 Å². The highest BCUT2D eigenvalue weighted by Crippen LogP contribution is 2.18. The zero-order valence-corrected chi connectivity index (χ0v) is 13.0. The molecule has 19 heavy (non-hydrogen) atoms. The van der Waals surface area contributed by atoms with Crippen LogP contribution in [0.25, 0.3) is 0 Å². The third-order valence-electron chi connectivity index (χ3n) is 2.74. The first kappa shape index (κ1) is 16.0. The fourth-order valence-electron chi connectivity index (χ4n) is 1.59. The zero-order chi connectivity index (χ0) is 14.3.